The molecule has 4 rings (SSSR count). The zero-order valence-corrected chi connectivity index (χ0v) is 20.1. The molecule has 1 aromatic heterocycles. The topological polar surface area (TPSA) is 118 Å². The second kappa shape index (κ2) is 9.84. The fourth-order valence-electron chi connectivity index (χ4n) is 4.44. The molecule has 0 bridgehead atoms. The van der Waals surface area contributed by atoms with E-state index >= 15 is 0 Å². The first kappa shape index (κ1) is 23.7. The number of hydrogen-bond donors (Lipinski definition) is 3. The van der Waals surface area contributed by atoms with Gasteiger partial charge in [0.25, 0.3) is 0 Å². The minimum atomic E-state index is -0.552. The molecule has 182 valence electrons. The van der Waals surface area contributed by atoms with E-state index < -0.39 is 5.41 Å². The number of aromatic nitrogens is 2. The predicted molar refractivity (Wildman–Crippen MR) is 131 cm³/mol. The van der Waals surface area contributed by atoms with Crippen molar-refractivity contribution in [1.29, 1.82) is 0 Å². The molecule has 0 saturated heterocycles. The number of nitrogens with zero attached hydrogens (tertiary/aromatic N) is 3. The highest BCUT2D eigenvalue weighted by Crippen LogP contribution is 2.38. The molecule has 1 aliphatic carbocycles. The van der Waals surface area contributed by atoms with Crippen LogP contribution in [0.3, 0.4) is 0 Å². The lowest BCUT2D eigenvalue weighted by Gasteiger charge is -2.34. The largest absolute Gasteiger partial charge is 0.494 e. The summed E-state index contributed by atoms with van der Waals surface area (Å²) in [5.41, 5.74) is 1.31. The van der Waals surface area contributed by atoms with E-state index in [2.05, 4.69) is 25.8 Å². The Bertz CT molecular complexity index is 1070. The SMILES string of the molecule is COCC(=O)Nc1ccc(Nc2ncc3c(n2)N(C2CCCC2)CC(C)(C)C(=O)N3)c(OC)c1. The summed E-state index contributed by atoms with van der Waals surface area (Å²) in [6, 6.07) is 5.61. The number of fused-ring (bicyclic) bond motifs is 1. The van der Waals surface area contributed by atoms with E-state index in [1.54, 1.807) is 31.5 Å². The van der Waals surface area contributed by atoms with Gasteiger partial charge in [0.2, 0.25) is 17.8 Å². The first-order chi connectivity index (χ1) is 16.3. The first-order valence-corrected chi connectivity index (χ1v) is 11.5. The van der Waals surface area contributed by atoms with E-state index in [1.165, 1.54) is 20.0 Å². The van der Waals surface area contributed by atoms with Crippen LogP contribution in [0.1, 0.15) is 39.5 Å². The number of benzene rings is 1. The third-order valence-corrected chi connectivity index (χ3v) is 6.24. The molecule has 1 fully saturated rings. The number of carbonyl (C=O) groups excluding carboxylic acids is 2. The summed E-state index contributed by atoms with van der Waals surface area (Å²) in [4.78, 5) is 36.1. The summed E-state index contributed by atoms with van der Waals surface area (Å²) in [5.74, 6) is 1.36. The molecular weight excluding hydrogens is 436 g/mol. The molecule has 1 aliphatic heterocycles. The van der Waals surface area contributed by atoms with Gasteiger partial charge < -0.3 is 30.3 Å². The van der Waals surface area contributed by atoms with Crippen LogP contribution in [0, 0.1) is 5.41 Å². The van der Waals surface area contributed by atoms with Crippen molar-refractivity contribution in [1.82, 2.24) is 9.97 Å². The summed E-state index contributed by atoms with van der Waals surface area (Å²) >= 11 is 0. The van der Waals surface area contributed by atoms with Crippen molar-refractivity contribution in [3.8, 4) is 5.75 Å². The van der Waals surface area contributed by atoms with Gasteiger partial charge in [-0.15, -0.1) is 0 Å². The molecule has 10 heteroatoms. The van der Waals surface area contributed by atoms with Crippen LogP contribution in [0.2, 0.25) is 0 Å². The number of rotatable bonds is 7. The average molecular weight is 469 g/mol. The van der Waals surface area contributed by atoms with Crippen LogP contribution < -0.4 is 25.6 Å². The van der Waals surface area contributed by atoms with Gasteiger partial charge >= 0.3 is 0 Å². The Labute approximate surface area is 199 Å². The Balaban J connectivity index is 1.62. The number of hydrogen-bond acceptors (Lipinski definition) is 8. The van der Waals surface area contributed by atoms with Crippen LogP contribution in [0.25, 0.3) is 0 Å². The number of methoxy groups -OCH3 is 2. The van der Waals surface area contributed by atoms with Gasteiger partial charge in [0.05, 0.1) is 24.4 Å². The standard InChI is InChI=1S/C24H32N6O4/c1-24(2)14-30(16-7-5-6-8-16)21-18(27-22(24)32)12-25-23(29-21)28-17-10-9-15(11-19(17)34-4)26-20(31)13-33-3/h9-12,16H,5-8,13-14H2,1-4H3,(H,26,31)(H,27,32)(H,25,28,29). The Morgan fingerprint density at radius 1 is 1.26 bits per heavy atom. The molecule has 2 aliphatic rings. The lowest BCUT2D eigenvalue weighted by atomic mass is 9.91. The Morgan fingerprint density at radius 3 is 2.74 bits per heavy atom. The molecule has 1 saturated carbocycles. The fourth-order valence-corrected chi connectivity index (χ4v) is 4.44. The van der Waals surface area contributed by atoms with Gasteiger partial charge in [0.1, 0.15) is 18.0 Å². The molecule has 0 radical (unpaired) electrons. The van der Waals surface area contributed by atoms with Crippen LogP contribution in [0.4, 0.5) is 28.8 Å². The van der Waals surface area contributed by atoms with Crippen LogP contribution in [0.5, 0.6) is 5.75 Å². The van der Waals surface area contributed by atoms with Crippen molar-refractivity contribution in [2.45, 2.75) is 45.6 Å². The predicted octanol–water partition coefficient (Wildman–Crippen LogP) is 3.54. The molecular formula is C24H32N6O4. The summed E-state index contributed by atoms with van der Waals surface area (Å²) in [6.45, 7) is 4.48. The maximum absolute atomic E-state index is 12.8. The normalized spacial score (nSPS) is 17.5. The number of nitrogens with one attached hydrogen (secondary N) is 3. The third kappa shape index (κ3) is 5.06. The highest BCUT2D eigenvalue weighted by atomic mass is 16.5. The van der Waals surface area contributed by atoms with Crippen molar-refractivity contribution < 1.29 is 19.1 Å². The highest BCUT2D eigenvalue weighted by molar-refractivity contribution is 5.99. The third-order valence-electron chi connectivity index (χ3n) is 6.24. The van der Waals surface area contributed by atoms with Crippen LogP contribution in [0.15, 0.2) is 24.4 Å². The first-order valence-electron chi connectivity index (χ1n) is 11.5. The van der Waals surface area contributed by atoms with Gasteiger partial charge in [-0.25, -0.2) is 4.98 Å². The smallest absolute Gasteiger partial charge is 0.250 e. The molecule has 0 spiro atoms. The average Bonchev–Trinajstić information content (AvgIpc) is 3.31. The van der Waals surface area contributed by atoms with E-state index in [0.29, 0.717) is 41.3 Å². The Morgan fingerprint density at radius 2 is 2.03 bits per heavy atom. The van der Waals surface area contributed by atoms with Crippen molar-refractivity contribution in [2.24, 2.45) is 5.41 Å². The van der Waals surface area contributed by atoms with E-state index in [1.807, 2.05) is 13.8 Å². The molecule has 34 heavy (non-hydrogen) atoms. The molecule has 2 heterocycles. The fraction of sp³-hybridized carbons (Fsp3) is 0.500. The molecule has 10 nitrogen and oxygen atoms in total. The lowest BCUT2D eigenvalue weighted by molar-refractivity contribution is -0.123. The number of anilines is 5. The molecule has 0 atom stereocenters. The van der Waals surface area contributed by atoms with Crippen molar-refractivity contribution in [3.63, 3.8) is 0 Å². The summed E-state index contributed by atoms with van der Waals surface area (Å²) in [5, 5.41) is 8.98. The Hall–Kier alpha value is -3.40. The quantitative estimate of drug-likeness (QED) is 0.565. The number of amides is 2. The number of carbonyl (C=O) groups is 2. The van der Waals surface area contributed by atoms with E-state index in [9.17, 15) is 9.59 Å². The number of ether oxygens (including phenoxy) is 2. The zero-order chi connectivity index (χ0) is 24.3. The molecule has 1 aromatic carbocycles. The highest BCUT2D eigenvalue weighted by Gasteiger charge is 2.39. The van der Waals surface area contributed by atoms with Crippen molar-refractivity contribution >= 4 is 40.6 Å². The molecule has 3 N–H and O–H groups in total. The minimum absolute atomic E-state index is 0.0316. The van der Waals surface area contributed by atoms with Crippen molar-refractivity contribution in [3.05, 3.63) is 24.4 Å². The maximum atomic E-state index is 12.8. The Kier molecular flexibility index (Phi) is 6.87. The van der Waals surface area contributed by atoms with Crippen LogP contribution >= 0.6 is 0 Å². The second-order valence-electron chi connectivity index (χ2n) is 9.36. The van der Waals surface area contributed by atoms with Crippen molar-refractivity contribution in [2.75, 3.05) is 48.2 Å². The summed E-state index contributed by atoms with van der Waals surface area (Å²) in [6.07, 6.45) is 6.18. The van der Waals surface area contributed by atoms with E-state index in [-0.39, 0.29) is 18.4 Å². The van der Waals surface area contributed by atoms with Gasteiger partial charge in [-0.2, -0.15) is 4.98 Å². The van der Waals surface area contributed by atoms with Gasteiger partial charge in [-0.1, -0.05) is 12.8 Å². The maximum Gasteiger partial charge on any atom is 0.250 e. The second-order valence-corrected chi connectivity index (χ2v) is 9.36. The van der Waals surface area contributed by atoms with Crippen LogP contribution in [-0.2, 0) is 14.3 Å². The van der Waals surface area contributed by atoms with Gasteiger partial charge in [0, 0.05) is 31.5 Å². The monoisotopic (exact) mass is 468 g/mol. The minimum Gasteiger partial charge on any atom is -0.494 e. The molecule has 2 aromatic rings. The molecule has 2 amide bonds. The van der Waals surface area contributed by atoms with Gasteiger partial charge in [0.15, 0.2) is 5.82 Å². The lowest BCUT2D eigenvalue weighted by Crippen LogP contribution is -2.43. The summed E-state index contributed by atoms with van der Waals surface area (Å²) < 4.78 is 10.4. The van der Waals surface area contributed by atoms with Gasteiger partial charge in [-0.3, -0.25) is 9.59 Å². The van der Waals surface area contributed by atoms with E-state index in [0.717, 1.165) is 18.7 Å². The van der Waals surface area contributed by atoms with Crippen LogP contribution in [-0.4, -0.2) is 55.2 Å². The zero-order valence-electron chi connectivity index (χ0n) is 20.1. The summed E-state index contributed by atoms with van der Waals surface area (Å²) in [7, 11) is 3.02. The van der Waals surface area contributed by atoms with Gasteiger partial charge in [-0.05, 0) is 38.8 Å². The molecule has 0 unspecified atom stereocenters. The van der Waals surface area contributed by atoms with E-state index in [4.69, 9.17) is 14.5 Å².